The number of carbonyl (C=O) groups excluding carboxylic acids is 2. The van der Waals surface area contributed by atoms with Crippen molar-refractivity contribution in [2.24, 2.45) is 0 Å². The van der Waals surface area contributed by atoms with E-state index in [1.807, 2.05) is 55.5 Å². The molecule has 3 rings (SSSR count). The van der Waals surface area contributed by atoms with Gasteiger partial charge in [0, 0.05) is 13.0 Å². The maximum absolute atomic E-state index is 12.5. The molecule has 1 aliphatic heterocycles. The summed E-state index contributed by atoms with van der Waals surface area (Å²) in [6.07, 6.45) is 0.439. The fourth-order valence-electron chi connectivity index (χ4n) is 3.33. The van der Waals surface area contributed by atoms with E-state index < -0.39 is 6.10 Å². The van der Waals surface area contributed by atoms with Crippen LogP contribution in [0, 0.1) is 0 Å². The largest absolute Gasteiger partial charge is 0.497 e. The predicted octanol–water partition coefficient (Wildman–Crippen LogP) is 3.47. The number of anilines is 1. The lowest BCUT2D eigenvalue weighted by Gasteiger charge is -2.33. The van der Waals surface area contributed by atoms with Crippen molar-refractivity contribution < 1.29 is 19.1 Å². The molecular weight excluding hydrogens is 356 g/mol. The van der Waals surface area contributed by atoms with E-state index in [-0.39, 0.29) is 24.3 Å². The molecular formula is C22H26N2O4. The predicted molar refractivity (Wildman–Crippen MR) is 108 cm³/mol. The average Bonchev–Trinajstić information content (AvgIpc) is 2.72. The Morgan fingerprint density at radius 2 is 1.93 bits per heavy atom. The third-order valence-electron chi connectivity index (χ3n) is 4.90. The van der Waals surface area contributed by atoms with Gasteiger partial charge in [-0.2, -0.15) is 0 Å². The summed E-state index contributed by atoms with van der Waals surface area (Å²) in [6.45, 7) is 4.06. The molecule has 0 bridgehead atoms. The molecule has 0 saturated carbocycles. The maximum atomic E-state index is 12.5. The zero-order chi connectivity index (χ0) is 20.1. The van der Waals surface area contributed by atoms with Crippen molar-refractivity contribution >= 4 is 17.5 Å². The SMILES string of the molecule is CCC(NC(=O)CCN1C(=O)C(C)Oc2ccccc21)c1ccc(OC)cc1. The highest BCUT2D eigenvalue weighted by Crippen LogP contribution is 2.33. The number of carbonyl (C=O) groups is 2. The lowest BCUT2D eigenvalue weighted by molar-refractivity contribution is -0.125. The van der Waals surface area contributed by atoms with E-state index >= 15 is 0 Å². The van der Waals surface area contributed by atoms with E-state index in [1.54, 1.807) is 18.9 Å². The highest BCUT2D eigenvalue weighted by molar-refractivity contribution is 6.00. The Hall–Kier alpha value is -3.02. The van der Waals surface area contributed by atoms with Crippen molar-refractivity contribution in [2.45, 2.75) is 38.8 Å². The van der Waals surface area contributed by atoms with Gasteiger partial charge in [-0.1, -0.05) is 31.2 Å². The van der Waals surface area contributed by atoms with E-state index in [9.17, 15) is 9.59 Å². The molecule has 0 saturated heterocycles. The Morgan fingerprint density at radius 3 is 2.61 bits per heavy atom. The zero-order valence-corrected chi connectivity index (χ0v) is 16.5. The Labute approximate surface area is 165 Å². The van der Waals surface area contributed by atoms with Crippen molar-refractivity contribution in [1.29, 1.82) is 0 Å². The van der Waals surface area contributed by atoms with Crippen LogP contribution in [-0.2, 0) is 9.59 Å². The van der Waals surface area contributed by atoms with E-state index in [4.69, 9.17) is 9.47 Å². The van der Waals surface area contributed by atoms with Gasteiger partial charge in [0.1, 0.15) is 11.5 Å². The summed E-state index contributed by atoms with van der Waals surface area (Å²) in [5, 5.41) is 3.06. The molecule has 2 unspecified atom stereocenters. The van der Waals surface area contributed by atoms with Crippen LogP contribution < -0.4 is 19.7 Å². The summed E-state index contributed by atoms with van der Waals surface area (Å²) in [5.41, 5.74) is 1.73. The number of rotatable bonds is 7. The Kier molecular flexibility index (Phi) is 6.19. The minimum absolute atomic E-state index is 0.0787. The van der Waals surface area contributed by atoms with Crippen LogP contribution in [0.5, 0.6) is 11.5 Å². The molecule has 0 aromatic heterocycles. The van der Waals surface area contributed by atoms with Crippen molar-refractivity contribution in [3.05, 3.63) is 54.1 Å². The second kappa shape index (κ2) is 8.78. The molecule has 0 aliphatic carbocycles. The molecule has 1 N–H and O–H groups in total. The van der Waals surface area contributed by atoms with E-state index in [1.165, 1.54) is 0 Å². The number of nitrogens with one attached hydrogen (secondary N) is 1. The lowest BCUT2D eigenvalue weighted by Crippen LogP contribution is -2.46. The molecule has 0 spiro atoms. The van der Waals surface area contributed by atoms with Gasteiger partial charge in [0.15, 0.2) is 6.10 Å². The van der Waals surface area contributed by atoms with Crippen LogP contribution in [0.15, 0.2) is 48.5 Å². The third-order valence-corrected chi connectivity index (χ3v) is 4.90. The van der Waals surface area contributed by atoms with Gasteiger partial charge in [-0.15, -0.1) is 0 Å². The summed E-state index contributed by atoms with van der Waals surface area (Å²) >= 11 is 0. The fourth-order valence-corrected chi connectivity index (χ4v) is 3.33. The number of ether oxygens (including phenoxy) is 2. The molecule has 2 amide bonds. The first-order chi connectivity index (χ1) is 13.5. The monoisotopic (exact) mass is 382 g/mol. The second-order valence-electron chi connectivity index (χ2n) is 6.77. The molecule has 1 heterocycles. The summed E-state index contributed by atoms with van der Waals surface area (Å²) in [6, 6.07) is 15.0. The van der Waals surface area contributed by atoms with Crippen molar-refractivity contribution in [3.63, 3.8) is 0 Å². The maximum Gasteiger partial charge on any atom is 0.267 e. The average molecular weight is 382 g/mol. The highest BCUT2D eigenvalue weighted by atomic mass is 16.5. The lowest BCUT2D eigenvalue weighted by atomic mass is 10.0. The number of amides is 2. The number of hydrogen-bond acceptors (Lipinski definition) is 4. The van der Waals surface area contributed by atoms with Gasteiger partial charge in [-0.25, -0.2) is 0 Å². The zero-order valence-electron chi connectivity index (χ0n) is 16.5. The van der Waals surface area contributed by atoms with Crippen LogP contribution in [0.1, 0.15) is 38.3 Å². The first-order valence-electron chi connectivity index (χ1n) is 9.53. The van der Waals surface area contributed by atoms with Crippen LogP contribution in [0.2, 0.25) is 0 Å². The number of benzene rings is 2. The van der Waals surface area contributed by atoms with E-state index in [0.29, 0.717) is 18.0 Å². The molecule has 2 aromatic carbocycles. The number of methoxy groups -OCH3 is 1. The number of nitrogens with zero attached hydrogens (tertiary/aromatic N) is 1. The van der Waals surface area contributed by atoms with Crippen LogP contribution in [0.25, 0.3) is 0 Å². The van der Waals surface area contributed by atoms with Crippen LogP contribution in [0.4, 0.5) is 5.69 Å². The van der Waals surface area contributed by atoms with Gasteiger partial charge in [-0.05, 0) is 43.2 Å². The van der Waals surface area contributed by atoms with Gasteiger partial charge in [-0.3, -0.25) is 9.59 Å². The number of para-hydroxylation sites is 2. The molecule has 1 aliphatic rings. The standard InChI is InChI=1S/C22H26N2O4/c1-4-18(16-9-11-17(27-3)12-10-16)23-21(25)13-14-24-19-7-5-6-8-20(19)28-15(2)22(24)26/h5-12,15,18H,4,13-14H2,1-3H3,(H,23,25). The Balaban J connectivity index is 1.63. The molecule has 148 valence electrons. The summed E-state index contributed by atoms with van der Waals surface area (Å²) in [7, 11) is 1.63. The smallest absolute Gasteiger partial charge is 0.267 e. The van der Waals surface area contributed by atoms with Gasteiger partial charge >= 0.3 is 0 Å². The topological polar surface area (TPSA) is 67.9 Å². The van der Waals surface area contributed by atoms with E-state index in [2.05, 4.69) is 5.32 Å². The van der Waals surface area contributed by atoms with Crippen molar-refractivity contribution in [2.75, 3.05) is 18.6 Å². The molecule has 6 heteroatoms. The Bertz CT molecular complexity index is 835. The molecule has 2 aromatic rings. The molecule has 28 heavy (non-hydrogen) atoms. The fraction of sp³-hybridized carbons (Fsp3) is 0.364. The van der Waals surface area contributed by atoms with Gasteiger partial charge < -0.3 is 19.7 Å². The molecule has 0 radical (unpaired) electrons. The third kappa shape index (κ3) is 4.27. The van der Waals surface area contributed by atoms with Crippen LogP contribution in [0.3, 0.4) is 0 Å². The summed E-state index contributed by atoms with van der Waals surface area (Å²) in [4.78, 5) is 26.7. The highest BCUT2D eigenvalue weighted by Gasteiger charge is 2.31. The molecule has 2 atom stereocenters. The number of fused-ring (bicyclic) bond motifs is 1. The van der Waals surface area contributed by atoms with Gasteiger partial charge in [0.05, 0.1) is 18.8 Å². The Morgan fingerprint density at radius 1 is 1.21 bits per heavy atom. The summed E-state index contributed by atoms with van der Waals surface area (Å²) in [5.74, 6) is 1.23. The van der Waals surface area contributed by atoms with E-state index in [0.717, 1.165) is 17.7 Å². The first-order valence-corrected chi connectivity index (χ1v) is 9.53. The van der Waals surface area contributed by atoms with Crippen molar-refractivity contribution in [1.82, 2.24) is 5.32 Å². The normalized spacial score (nSPS) is 16.8. The first kappa shape index (κ1) is 19.7. The molecule has 6 nitrogen and oxygen atoms in total. The minimum atomic E-state index is -0.555. The second-order valence-corrected chi connectivity index (χ2v) is 6.77. The minimum Gasteiger partial charge on any atom is -0.497 e. The van der Waals surface area contributed by atoms with Crippen LogP contribution >= 0.6 is 0 Å². The quantitative estimate of drug-likeness (QED) is 0.796. The van der Waals surface area contributed by atoms with Gasteiger partial charge in [0.25, 0.3) is 5.91 Å². The van der Waals surface area contributed by atoms with Gasteiger partial charge in [0.2, 0.25) is 5.91 Å². The van der Waals surface area contributed by atoms with Crippen molar-refractivity contribution in [3.8, 4) is 11.5 Å². The van der Waals surface area contributed by atoms with Crippen LogP contribution in [-0.4, -0.2) is 31.6 Å². The molecule has 0 fully saturated rings. The summed E-state index contributed by atoms with van der Waals surface area (Å²) < 4.78 is 10.8. The number of hydrogen-bond donors (Lipinski definition) is 1.